The van der Waals surface area contributed by atoms with Gasteiger partial charge in [-0.25, -0.2) is 18.5 Å². The highest BCUT2D eigenvalue weighted by atomic mass is 32.2. The molecule has 6 rings (SSSR count). The van der Waals surface area contributed by atoms with Crippen LogP contribution in [0.3, 0.4) is 0 Å². The highest BCUT2D eigenvalue weighted by Crippen LogP contribution is 2.54. The number of hydrogen-bond donors (Lipinski definition) is 2. The van der Waals surface area contributed by atoms with Crippen molar-refractivity contribution in [3.05, 3.63) is 103 Å². The summed E-state index contributed by atoms with van der Waals surface area (Å²) in [6.07, 6.45) is 0. The van der Waals surface area contributed by atoms with Crippen LogP contribution in [0.15, 0.2) is 87.5 Å². The number of aromatic nitrogens is 1. The zero-order valence-electron chi connectivity index (χ0n) is 23.7. The molecule has 46 heavy (non-hydrogen) atoms. The summed E-state index contributed by atoms with van der Waals surface area (Å²) in [5.41, 5.74) is 0.902. The van der Waals surface area contributed by atoms with Crippen molar-refractivity contribution in [1.29, 1.82) is 0 Å². The minimum atomic E-state index is -3.93. The van der Waals surface area contributed by atoms with Crippen molar-refractivity contribution in [1.82, 2.24) is 4.57 Å². The molecule has 1 fully saturated rings. The molecule has 3 atom stereocenters. The lowest BCUT2D eigenvalue weighted by atomic mass is 9.83. The van der Waals surface area contributed by atoms with Crippen LogP contribution in [0, 0.1) is 16.0 Å². The van der Waals surface area contributed by atoms with Gasteiger partial charge >= 0.3 is 4.87 Å². The number of rotatable bonds is 8. The molecule has 3 amide bonds. The number of nitro groups is 1. The zero-order chi connectivity index (χ0) is 32.9. The number of thioether (sulfide) groups is 1. The second-order valence-electron chi connectivity index (χ2n) is 10.3. The normalized spacial score (nSPS) is 19.0. The van der Waals surface area contributed by atoms with Gasteiger partial charge in [-0.1, -0.05) is 35.2 Å². The van der Waals surface area contributed by atoms with E-state index in [2.05, 4.69) is 5.32 Å². The second-order valence-corrected chi connectivity index (χ2v) is 14.0. The van der Waals surface area contributed by atoms with E-state index in [1.807, 2.05) is 0 Å². The first-order valence-electron chi connectivity index (χ1n) is 13.5. The van der Waals surface area contributed by atoms with E-state index in [1.54, 1.807) is 24.3 Å². The van der Waals surface area contributed by atoms with Gasteiger partial charge in [0.15, 0.2) is 0 Å². The lowest BCUT2D eigenvalue weighted by molar-refractivity contribution is -0.384. The van der Waals surface area contributed by atoms with E-state index in [9.17, 15) is 37.7 Å². The molecule has 0 unspecified atom stereocenters. The average molecular weight is 682 g/mol. The summed E-state index contributed by atoms with van der Waals surface area (Å²) in [6.45, 7) is -0.421. The lowest BCUT2D eigenvalue weighted by Crippen LogP contribution is -2.33. The van der Waals surface area contributed by atoms with E-state index in [0.29, 0.717) is 21.2 Å². The summed E-state index contributed by atoms with van der Waals surface area (Å²) in [5, 5.41) is 18.3. The van der Waals surface area contributed by atoms with E-state index in [0.717, 1.165) is 28.0 Å². The maximum absolute atomic E-state index is 14.0. The summed E-state index contributed by atoms with van der Waals surface area (Å²) in [7, 11) is -2.42. The van der Waals surface area contributed by atoms with Crippen LogP contribution >= 0.6 is 23.1 Å². The largest absolute Gasteiger partial charge is 0.497 e. The first kappa shape index (κ1) is 31.2. The predicted octanol–water partition coefficient (Wildman–Crippen LogP) is 2.91. The number of primary sulfonamides is 1. The number of sulfonamides is 1. The third-order valence-electron chi connectivity index (χ3n) is 7.61. The number of hydrogen-bond acceptors (Lipinski definition) is 11. The molecule has 0 bridgehead atoms. The molecular formula is C29H23N5O9S3. The highest BCUT2D eigenvalue weighted by molar-refractivity contribution is 8.00. The van der Waals surface area contributed by atoms with Crippen molar-refractivity contribution in [2.75, 3.05) is 17.3 Å². The smallest absolute Gasteiger partial charge is 0.308 e. The number of benzene rings is 3. The Morgan fingerprint density at radius 3 is 2.24 bits per heavy atom. The average Bonchev–Trinajstić information content (AvgIpc) is 3.47. The number of carbonyl (C=O) groups is 3. The second kappa shape index (κ2) is 11.8. The summed E-state index contributed by atoms with van der Waals surface area (Å²) in [5.74, 6) is -2.73. The monoisotopic (exact) mass is 681 g/mol. The van der Waals surface area contributed by atoms with Crippen molar-refractivity contribution >= 4 is 67.9 Å². The fourth-order valence-corrected chi connectivity index (χ4v) is 8.76. The van der Waals surface area contributed by atoms with Gasteiger partial charge in [-0.05, 0) is 54.1 Å². The van der Waals surface area contributed by atoms with Gasteiger partial charge in [0.05, 0.1) is 33.6 Å². The van der Waals surface area contributed by atoms with Crippen LogP contribution in [-0.4, -0.2) is 48.0 Å². The van der Waals surface area contributed by atoms with Gasteiger partial charge in [0.1, 0.15) is 17.5 Å². The number of nitrogens with zero attached hydrogens (tertiary/aromatic N) is 3. The maximum Gasteiger partial charge on any atom is 0.308 e. The van der Waals surface area contributed by atoms with E-state index in [1.165, 1.54) is 60.2 Å². The molecule has 14 nitrogen and oxygen atoms in total. The number of anilines is 2. The Bertz CT molecular complexity index is 2060. The van der Waals surface area contributed by atoms with Crippen molar-refractivity contribution in [3.8, 4) is 5.75 Å². The molecule has 2 aliphatic rings. The minimum Gasteiger partial charge on any atom is -0.497 e. The topological polar surface area (TPSA) is 201 Å². The van der Waals surface area contributed by atoms with Crippen molar-refractivity contribution in [3.63, 3.8) is 0 Å². The Morgan fingerprint density at radius 2 is 1.65 bits per heavy atom. The molecule has 4 aromatic rings. The number of carbonyl (C=O) groups excluding carboxylic acids is 3. The number of fused-ring (bicyclic) bond motifs is 2. The Morgan fingerprint density at radius 1 is 1.00 bits per heavy atom. The third-order valence-corrected chi connectivity index (χ3v) is 11.1. The van der Waals surface area contributed by atoms with Crippen LogP contribution in [0.1, 0.15) is 16.4 Å². The first-order valence-corrected chi connectivity index (χ1v) is 16.7. The van der Waals surface area contributed by atoms with Gasteiger partial charge in [0, 0.05) is 28.6 Å². The number of nitrogens with two attached hydrogens (primary N) is 1. The number of nitrogens with one attached hydrogen (secondary N) is 1. The SMILES string of the molecule is COc1ccc([C@@H]2c3sc(=O)n(CC(=O)Nc4ccc(S(N)(=O)=O)cc4)c3S[C@H]3C(=O)N(c4ccc([N+](=O)[O-])cc4)C(=O)[C@@H]23)cc1. The van der Waals surface area contributed by atoms with E-state index in [4.69, 9.17) is 9.88 Å². The van der Waals surface area contributed by atoms with Crippen LogP contribution in [0.2, 0.25) is 0 Å². The van der Waals surface area contributed by atoms with Crippen LogP contribution in [0.25, 0.3) is 0 Å². The zero-order valence-corrected chi connectivity index (χ0v) is 26.1. The summed E-state index contributed by atoms with van der Waals surface area (Å²) >= 11 is 1.90. The molecule has 3 heterocycles. The molecule has 0 aliphatic carbocycles. The molecule has 236 valence electrons. The lowest BCUT2D eigenvalue weighted by Gasteiger charge is -2.30. The van der Waals surface area contributed by atoms with E-state index < -0.39 is 61.2 Å². The van der Waals surface area contributed by atoms with Crippen molar-refractivity contribution in [2.24, 2.45) is 11.1 Å². The Kier molecular flexibility index (Phi) is 8.01. The molecule has 0 saturated carbocycles. The van der Waals surface area contributed by atoms with Gasteiger partial charge in [-0.3, -0.25) is 33.9 Å². The Hall–Kier alpha value is -4.84. The quantitative estimate of drug-likeness (QED) is 0.158. The number of thiazole rings is 1. The van der Waals surface area contributed by atoms with Crippen LogP contribution < -0.4 is 25.0 Å². The Balaban J connectivity index is 1.36. The predicted molar refractivity (Wildman–Crippen MR) is 169 cm³/mol. The standard InChI is InChI=1S/C29H23N5O9S3/c1-43-19-10-2-15(3-11-19)22-23-24(27(37)33(26(23)36)17-6-8-18(9-7-17)34(39)40)44-28-25(22)45-29(38)32(28)14-21(35)31-16-4-12-20(13-5-16)46(30,41)42/h2-13,22-24H,14H2,1H3,(H,31,35)(H2,30,41,42)/t22-,23-,24+/m0/s1. The molecule has 2 aliphatic heterocycles. The molecular weight excluding hydrogens is 659 g/mol. The fourth-order valence-electron chi connectivity index (χ4n) is 5.48. The number of ether oxygens (including phenoxy) is 1. The van der Waals surface area contributed by atoms with E-state index in [-0.39, 0.29) is 22.0 Å². The number of nitro benzene ring substituents is 1. The van der Waals surface area contributed by atoms with Gasteiger partial charge in [-0.15, -0.1) is 0 Å². The molecule has 17 heteroatoms. The number of methoxy groups -OCH3 is 1. The fraction of sp³-hybridized carbons (Fsp3) is 0.172. The minimum absolute atomic E-state index is 0.136. The van der Waals surface area contributed by atoms with Crippen molar-refractivity contribution in [2.45, 2.75) is 27.6 Å². The van der Waals surface area contributed by atoms with Crippen LogP contribution in [-0.2, 0) is 31.0 Å². The highest BCUT2D eigenvalue weighted by Gasteiger charge is 2.56. The third kappa shape index (κ3) is 5.57. The van der Waals surface area contributed by atoms with Gasteiger partial charge in [-0.2, -0.15) is 0 Å². The molecule has 3 N–H and O–H groups in total. The number of imide groups is 1. The Labute approximate surface area is 269 Å². The van der Waals surface area contributed by atoms with Crippen LogP contribution in [0.5, 0.6) is 5.75 Å². The molecule has 1 aromatic heterocycles. The summed E-state index contributed by atoms with van der Waals surface area (Å²) in [4.78, 5) is 65.7. The molecule has 0 radical (unpaired) electrons. The maximum atomic E-state index is 14.0. The number of amides is 3. The number of non-ortho nitro benzene ring substituents is 1. The molecule has 0 spiro atoms. The van der Waals surface area contributed by atoms with Crippen LogP contribution in [0.4, 0.5) is 17.1 Å². The van der Waals surface area contributed by atoms with Gasteiger partial charge in [0.2, 0.25) is 27.7 Å². The first-order chi connectivity index (χ1) is 21.9. The van der Waals surface area contributed by atoms with Gasteiger partial charge < -0.3 is 10.1 Å². The summed E-state index contributed by atoms with van der Waals surface area (Å²) in [6, 6.07) is 17.2. The molecule has 3 aromatic carbocycles. The van der Waals surface area contributed by atoms with Gasteiger partial charge in [0.25, 0.3) is 5.69 Å². The van der Waals surface area contributed by atoms with E-state index >= 15 is 0 Å². The van der Waals surface area contributed by atoms with Crippen molar-refractivity contribution < 1.29 is 32.5 Å². The summed E-state index contributed by atoms with van der Waals surface area (Å²) < 4.78 is 29.6. The molecule has 1 saturated heterocycles.